The van der Waals surface area contributed by atoms with Crippen molar-refractivity contribution in [1.82, 2.24) is 19.9 Å². The molecular formula is C24H25N5O. The lowest BCUT2D eigenvalue weighted by atomic mass is 10.1. The van der Waals surface area contributed by atoms with Gasteiger partial charge in [-0.15, -0.1) is 0 Å². The molecule has 30 heavy (non-hydrogen) atoms. The maximum atomic E-state index is 12.5. The van der Waals surface area contributed by atoms with Gasteiger partial charge in [0.1, 0.15) is 0 Å². The zero-order valence-corrected chi connectivity index (χ0v) is 16.9. The summed E-state index contributed by atoms with van der Waals surface area (Å²) in [5.74, 6) is 0.438. The second-order valence-corrected chi connectivity index (χ2v) is 7.97. The minimum atomic E-state index is -0.183. The monoisotopic (exact) mass is 399 g/mol. The molecule has 152 valence electrons. The van der Waals surface area contributed by atoms with Crippen molar-refractivity contribution in [3.8, 4) is 0 Å². The van der Waals surface area contributed by atoms with E-state index in [0.717, 1.165) is 23.0 Å². The van der Waals surface area contributed by atoms with Crippen LogP contribution in [0.2, 0.25) is 0 Å². The molecule has 0 unspecified atom stereocenters. The summed E-state index contributed by atoms with van der Waals surface area (Å²) in [4.78, 5) is 26.9. The van der Waals surface area contributed by atoms with E-state index in [2.05, 4.69) is 49.4 Å². The number of aromatic nitrogens is 3. The van der Waals surface area contributed by atoms with Crippen molar-refractivity contribution in [3.05, 3.63) is 76.1 Å². The molecule has 0 aliphatic carbocycles. The zero-order chi connectivity index (χ0) is 20.3. The molecule has 1 aliphatic rings. The third-order valence-electron chi connectivity index (χ3n) is 5.74. The first-order valence-corrected chi connectivity index (χ1v) is 10.6. The summed E-state index contributed by atoms with van der Waals surface area (Å²) in [6, 6.07) is 18.2. The molecule has 1 saturated heterocycles. The van der Waals surface area contributed by atoms with Gasteiger partial charge in [0.25, 0.3) is 5.56 Å². The fourth-order valence-electron chi connectivity index (χ4n) is 4.07. The molecule has 4 aromatic rings. The van der Waals surface area contributed by atoms with Crippen LogP contribution in [0.4, 0.5) is 5.95 Å². The first-order valence-electron chi connectivity index (χ1n) is 10.6. The van der Waals surface area contributed by atoms with Gasteiger partial charge in [0.2, 0.25) is 5.95 Å². The van der Waals surface area contributed by atoms with Crippen molar-refractivity contribution in [2.45, 2.75) is 32.4 Å². The van der Waals surface area contributed by atoms with Crippen molar-refractivity contribution in [2.75, 3.05) is 18.4 Å². The Labute approximate surface area is 175 Å². The van der Waals surface area contributed by atoms with Crippen LogP contribution in [0.25, 0.3) is 21.9 Å². The van der Waals surface area contributed by atoms with Crippen LogP contribution in [0.1, 0.15) is 30.4 Å². The number of benzene rings is 2. The first kappa shape index (κ1) is 18.8. The third-order valence-corrected chi connectivity index (χ3v) is 5.74. The number of aromatic amines is 1. The minimum Gasteiger partial charge on any atom is -0.352 e. The van der Waals surface area contributed by atoms with Gasteiger partial charge in [0.15, 0.2) is 5.65 Å². The third kappa shape index (κ3) is 4.04. The lowest BCUT2D eigenvalue weighted by molar-refractivity contribution is 0.221. The summed E-state index contributed by atoms with van der Waals surface area (Å²) in [5.41, 5.74) is 3.59. The number of hydrogen-bond donors (Lipinski definition) is 2. The van der Waals surface area contributed by atoms with E-state index in [1.807, 2.05) is 30.3 Å². The summed E-state index contributed by atoms with van der Waals surface area (Å²) >= 11 is 0. The van der Waals surface area contributed by atoms with Crippen molar-refractivity contribution in [1.29, 1.82) is 0 Å². The average molecular weight is 399 g/mol. The lowest BCUT2D eigenvalue weighted by Gasteiger charge is -2.26. The highest BCUT2D eigenvalue weighted by Crippen LogP contribution is 2.17. The van der Waals surface area contributed by atoms with Gasteiger partial charge in [-0.1, -0.05) is 48.9 Å². The van der Waals surface area contributed by atoms with Gasteiger partial charge in [-0.3, -0.25) is 14.7 Å². The quantitative estimate of drug-likeness (QED) is 0.495. The smallest absolute Gasteiger partial charge is 0.261 e. The number of para-hydroxylation sites is 1. The van der Waals surface area contributed by atoms with Crippen LogP contribution < -0.4 is 10.9 Å². The number of fused-ring (bicyclic) bond motifs is 2. The molecule has 0 atom stereocenters. The van der Waals surface area contributed by atoms with Crippen LogP contribution in [0.3, 0.4) is 0 Å². The van der Waals surface area contributed by atoms with Gasteiger partial charge >= 0.3 is 0 Å². The predicted octanol–water partition coefficient (Wildman–Crippen LogP) is 4.07. The van der Waals surface area contributed by atoms with Gasteiger partial charge in [-0.25, -0.2) is 4.98 Å². The molecular weight excluding hydrogens is 374 g/mol. The molecule has 0 bridgehead atoms. The Morgan fingerprint density at radius 3 is 2.53 bits per heavy atom. The van der Waals surface area contributed by atoms with E-state index in [1.165, 1.54) is 37.9 Å². The number of nitrogens with zero attached hydrogens (tertiary/aromatic N) is 3. The number of rotatable bonds is 5. The van der Waals surface area contributed by atoms with E-state index in [9.17, 15) is 4.79 Å². The summed E-state index contributed by atoms with van der Waals surface area (Å²) < 4.78 is 0. The summed E-state index contributed by atoms with van der Waals surface area (Å²) in [6.07, 6.45) is 3.98. The largest absolute Gasteiger partial charge is 0.352 e. The summed E-state index contributed by atoms with van der Waals surface area (Å²) in [6.45, 7) is 4.01. The molecule has 1 fully saturated rings. The van der Waals surface area contributed by atoms with E-state index < -0.39 is 0 Å². The fraction of sp³-hybridized carbons (Fsp3) is 0.292. The summed E-state index contributed by atoms with van der Waals surface area (Å²) in [7, 11) is 0. The number of H-pyrrole nitrogens is 1. The topological polar surface area (TPSA) is 73.9 Å². The number of nitrogens with one attached hydrogen (secondary N) is 2. The Bertz CT molecular complexity index is 1230. The Morgan fingerprint density at radius 2 is 1.70 bits per heavy atom. The highest BCUT2D eigenvalue weighted by Gasteiger charge is 2.10. The van der Waals surface area contributed by atoms with Crippen molar-refractivity contribution < 1.29 is 0 Å². The van der Waals surface area contributed by atoms with Crippen LogP contribution >= 0.6 is 0 Å². The number of anilines is 1. The van der Waals surface area contributed by atoms with E-state index in [0.29, 0.717) is 23.5 Å². The van der Waals surface area contributed by atoms with Crippen molar-refractivity contribution in [3.63, 3.8) is 0 Å². The van der Waals surface area contributed by atoms with Gasteiger partial charge < -0.3 is 5.32 Å². The Morgan fingerprint density at radius 1 is 0.933 bits per heavy atom. The van der Waals surface area contributed by atoms with Crippen molar-refractivity contribution in [2.24, 2.45) is 0 Å². The molecule has 3 heterocycles. The van der Waals surface area contributed by atoms with Gasteiger partial charge in [-0.2, -0.15) is 4.98 Å². The Balaban J connectivity index is 1.29. The van der Waals surface area contributed by atoms with Gasteiger partial charge in [-0.05, 0) is 49.2 Å². The zero-order valence-electron chi connectivity index (χ0n) is 16.9. The van der Waals surface area contributed by atoms with Gasteiger partial charge in [0, 0.05) is 18.5 Å². The van der Waals surface area contributed by atoms with Crippen LogP contribution in [-0.4, -0.2) is 32.9 Å². The van der Waals surface area contributed by atoms with E-state index >= 15 is 0 Å². The molecule has 2 aromatic heterocycles. The first-order chi connectivity index (χ1) is 14.7. The molecule has 0 spiro atoms. The van der Waals surface area contributed by atoms with Crippen LogP contribution in [0.5, 0.6) is 0 Å². The molecule has 0 saturated carbocycles. The highest BCUT2D eigenvalue weighted by molar-refractivity contribution is 5.90. The van der Waals surface area contributed by atoms with E-state index in [-0.39, 0.29) is 5.56 Å². The minimum absolute atomic E-state index is 0.183. The summed E-state index contributed by atoms with van der Waals surface area (Å²) in [5, 5.41) is 4.66. The highest BCUT2D eigenvalue weighted by atomic mass is 16.1. The van der Waals surface area contributed by atoms with Crippen LogP contribution in [0.15, 0.2) is 59.4 Å². The molecule has 1 aliphatic heterocycles. The second kappa shape index (κ2) is 8.24. The maximum Gasteiger partial charge on any atom is 0.261 e. The normalized spacial score (nSPS) is 14.9. The Hall–Kier alpha value is -3.25. The second-order valence-electron chi connectivity index (χ2n) is 7.97. The average Bonchev–Trinajstić information content (AvgIpc) is 2.78. The fourth-order valence-corrected chi connectivity index (χ4v) is 4.07. The van der Waals surface area contributed by atoms with E-state index in [4.69, 9.17) is 0 Å². The molecule has 2 N–H and O–H groups in total. The Kier molecular flexibility index (Phi) is 5.15. The number of hydrogen-bond acceptors (Lipinski definition) is 5. The van der Waals surface area contributed by atoms with Gasteiger partial charge in [0.05, 0.1) is 10.9 Å². The molecule has 5 rings (SSSR count). The van der Waals surface area contributed by atoms with Crippen LogP contribution in [0, 0.1) is 0 Å². The SMILES string of the molecule is O=c1[nH]c(NCc2ccc(CN3CCCCC3)cc2)nc2nc3ccccc3cc12. The number of piperidine rings is 1. The standard InChI is InChI=1S/C24H25N5O/c30-23-20-14-19-6-2-3-7-21(19)26-22(20)27-24(28-23)25-15-17-8-10-18(11-9-17)16-29-12-4-1-5-13-29/h2-3,6-11,14H,1,4-5,12-13,15-16H2,(H2,25,26,27,28,30). The molecule has 0 amide bonds. The number of pyridine rings is 1. The van der Waals surface area contributed by atoms with Crippen LogP contribution in [-0.2, 0) is 13.1 Å². The molecule has 2 aromatic carbocycles. The lowest BCUT2D eigenvalue weighted by Crippen LogP contribution is -2.29. The molecule has 6 nitrogen and oxygen atoms in total. The predicted molar refractivity (Wildman–Crippen MR) is 121 cm³/mol. The molecule has 6 heteroatoms. The number of likely N-dealkylation sites (tertiary alicyclic amines) is 1. The molecule has 0 radical (unpaired) electrons. The van der Waals surface area contributed by atoms with E-state index in [1.54, 1.807) is 0 Å². The maximum absolute atomic E-state index is 12.5. The van der Waals surface area contributed by atoms with Crippen molar-refractivity contribution >= 4 is 27.9 Å².